The summed E-state index contributed by atoms with van der Waals surface area (Å²) >= 11 is 0. The number of aromatic nitrogens is 3. The first-order chi connectivity index (χ1) is 16.9. The Morgan fingerprint density at radius 1 is 0.943 bits per heavy atom. The molecule has 0 N–H and O–H groups in total. The quantitative estimate of drug-likeness (QED) is 0.389. The van der Waals surface area contributed by atoms with Crippen molar-refractivity contribution in [2.24, 2.45) is 0 Å². The van der Waals surface area contributed by atoms with Crippen LogP contribution in [-0.2, 0) is 24.3 Å². The number of pyridine rings is 1. The van der Waals surface area contributed by atoms with Crippen molar-refractivity contribution in [2.75, 3.05) is 26.2 Å². The minimum Gasteiger partial charge on any atom is -0.493 e. The largest absolute Gasteiger partial charge is 0.493 e. The number of likely N-dealkylation sites (N-methyl/N-ethyl adjacent to an activating group) is 1. The molecule has 0 saturated heterocycles. The number of anilines is 1. The maximum atomic E-state index is 13.4. The van der Waals surface area contributed by atoms with Crippen LogP contribution in [0.2, 0.25) is 0 Å². The zero-order valence-electron chi connectivity index (χ0n) is 19.8. The van der Waals surface area contributed by atoms with Gasteiger partial charge in [0.2, 0.25) is 5.91 Å². The number of carbonyl (C=O) groups is 1. The summed E-state index contributed by atoms with van der Waals surface area (Å²) < 4.78 is 13.0. The van der Waals surface area contributed by atoms with Crippen molar-refractivity contribution >= 4 is 22.6 Å². The average molecular weight is 475 g/mol. The second kappa shape index (κ2) is 10.3. The minimum atomic E-state index is -0.564. The number of fused-ring (bicyclic) bond motifs is 1. The lowest BCUT2D eigenvalue weighted by Crippen LogP contribution is -2.43. The highest BCUT2D eigenvalue weighted by Crippen LogP contribution is 2.27. The normalized spacial score (nSPS) is 10.8. The molecule has 9 heteroatoms. The van der Waals surface area contributed by atoms with Crippen LogP contribution in [0.1, 0.15) is 5.56 Å². The molecular weight excluding hydrogens is 448 g/mol. The van der Waals surface area contributed by atoms with Gasteiger partial charge < -0.3 is 14.4 Å². The molecule has 2 aromatic carbocycles. The van der Waals surface area contributed by atoms with Crippen molar-refractivity contribution in [2.45, 2.75) is 19.5 Å². The van der Waals surface area contributed by atoms with Gasteiger partial charge in [-0.3, -0.25) is 18.7 Å². The third kappa shape index (κ3) is 4.79. The number of ether oxygens (including phenoxy) is 2. The summed E-state index contributed by atoms with van der Waals surface area (Å²) in [5, 5.41) is 0. The monoisotopic (exact) mass is 474 g/mol. The molecule has 0 atom stereocenters. The van der Waals surface area contributed by atoms with Gasteiger partial charge in [0.05, 0.1) is 19.7 Å². The fraction of sp³-hybridized carbons (Fsp3) is 0.231. The van der Waals surface area contributed by atoms with Gasteiger partial charge in [-0.05, 0) is 48.4 Å². The van der Waals surface area contributed by atoms with E-state index in [0.717, 1.165) is 10.1 Å². The van der Waals surface area contributed by atoms with Crippen LogP contribution in [0.15, 0.2) is 76.4 Å². The zero-order valence-corrected chi connectivity index (χ0v) is 19.8. The highest BCUT2D eigenvalue weighted by atomic mass is 16.5. The van der Waals surface area contributed by atoms with Crippen LogP contribution in [0.4, 0.5) is 5.69 Å². The summed E-state index contributed by atoms with van der Waals surface area (Å²) in [4.78, 5) is 45.3. The molecule has 0 aliphatic rings. The van der Waals surface area contributed by atoms with Crippen molar-refractivity contribution in [3.63, 3.8) is 0 Å². The predicted octanol–water partition coefficient (Wildman–Crippen LogP) is 2.48. The molecular formula is C26H26N4O5. The first-order valence-corrected chi connectivity index (χ1v) is 11.1. The maximum Gasteiger partial charge on any atom is 0.332 e. The van der Waals surface area contributed by atoms with Gasteiger partial charge in [0.1, 0.15) is 6.54 Å². The Bertz CT molecular complexity index is 1480. The topological polar surface area (TPSA) is 95.7 Å². The van der Waals surface area contributed by atoms with Crippen LogP contribution in [-0.4, -0.2) is 41.3 Å². The predicted molar refractivity (Wildman–Crippen MR) is 133 cm³/mol. The van der Waals surface area contributed by atoms with Gasteiger partial charge in [0.25, 0.3) is 5.56 Å². The number of hydrogen-bond donors (Lipinski definition) is 0. The summed E-state index contributed by atoms with van der Waals surface area (Å²) in [6.07, 6.45) is 1.89. The highest BCUT2D eigenvalue weighted by Gasteiger charge is 2.19. The van der Waals surface area contributed by atoms with E-state index in [-0.39, 0.29) is 24.5 Å². The third-order valence-corrected chi connectivity index (χ3v) is 5.87. The summed E-state index contributed by atoms with van der Waals surface area (Å²) in [6.45, 7) is -0.120. The summed E-state index contributed by atoms with van der Waals surface area (Å²) in [5.74, 6) is 0.852. The van der Waals surface area contributed by atoms with Crippen molar-refractivity contribution in [1.29, 1.82) is 0 Å². The van der Waals surface area contributed by atoms with E-state index >= 15 is 0 Å². The number of methoxy groups -OCH3 is 2. The SMILES string of the molecule is COc1ccc(CCn2c(=O)c3ncccc3n(CC(=O)N(C)c3ccccc3)c2=O)cc1OC. The molecule has 9 nitrogen and oxygen atoms in total. The lowest BCUT2D eigenvalue weighted by molar-refractivity contribution is -0.118. The number of carbonyl (C=O) groups excluding carboxylic acids is 1. The molecule has 0 unspecified atom stereocenters. The van der Waals surface area contributed by atoms with Gasteiger partial charge >= 0.3 is 5.69 Å². The van der Waals surface area contributed by atoms with Crippen molar-refractivity contribution in [3.05, 3.63) is 93.3 Å². The van der Waals surface area contributed by atoms with E-state index in [1.54, 1.807) is 45.5 Å². The van der Waals surface area contributed by atoms with E-state index in [9.17, 15) is 14.4 Å². The molecule has 2 heterocycles. The standard InChI is InChI=1S/C26H26N4O5/c1-28(19-8-5-4-6-9-19)23(31)17-30-20-10-7-14-27-24(20)25(32)29(26(30)33)15-13-18-11-12-21(34-2)22(16-18)35-3/h4-12,14,16H,13,15,17H2,1-3H3. The molecule has 180 valence electrons. The van der Waals surface area contributed by atoms with E-state index in [1.165, 1.54) is 15.7 Å². The van der Waals surface area contributed by atoms with Crippen LogP contribution >= 0.6 is 0 Å². The summed E-state index contributed by atoms with van der Waals surface area (Å²) in [5.41, 5.74) is 0.961. The number of rotatable bonds is 8. The van der Waals surface area contributed by atoms with Crippen LogP contribution < -0.4 is 25.6 Å². The third-order valence-electron chi connectivity index (χ3n) is 5.87. The van der Waals surface area contributed by atoms with Gasteiger partial charge in [-0.25, -0.2) is 9.78 Å². The van der Waals surface area contributed by atoms with Crippen LogP contribution in [0.3, 0.4) is 0 Å². The summed E-state index contributed by atoms with van der Waals surface area (Å²) in [6, 6.07) is 17.8. The fourth-order valence-electron chi connectivity index (χ4n) is 3.91. The Morgan fingerprint density at radius 3 is 2.40 bits per heavy atom. The second-order valence-electron chi connectivity index (χ2n) is 7.92. The van der Waals surface area contributed by atoms with E-state index in [4.69, 9.17) is 9.47 Å². The number of benzene rings is 2. The van der Waals surface area contributed by atoms with Gasteiger partial charge in [-0.2, -0.15) is 0 Å². The number of amides is 1. The Balaban J connectivity index is 1.69. The molecule has 0 fully saturated rings. The van der Waals surface area contributed by atoms with Crippen molar-refractivity contribution in [3.8, 4) is 11.5 Å². The molecule has 2 aromatic heterocycles. The van der Waals surface area contributed by atoms with Gasteiger partial charge in [0.15, 0.2) is 17.0 Å². The van der Waals surface area contributed by atoms with Gasteiger partial charge in [-0.1, -0.05) is 24.3 Å². The fourth-order valence-corrected chi connectivity index (χ4v) is 3.91. The molecule has 35 heavy (non-hydrogen) atoms. The molecule has 0 radical (unpaired) electrons. The molecule has 4 rings (SSSR count). The molecule has 0 saturated carbocycles. The van der Waals surface area contributed by atoms with E-state index in [1.807, 2.05) is 36.4 Å². The van der Waals surface area contributed by atoms with Crippen molar-refractivity contribution < 1.29 is 14.3 Å². The van der Waals surface area contributed by atoms with E-state index in [2.05, 4.69) is 4.98 Å². The van der Waals surface area contributed by atoms with E-state index in [0.29, 0.717) is 29.1 Å². The number of aryl methyl sites for hydroxylation is 1. The van der Waals surface area contributed by atoms with E-state index < -0.39 is 11.2 Å². The minimum absolute atomic E-state index is 0.113. The Hall–Kier alpha value is -4.40. The van der Waals surface area contributed by atoms with Gasteiger partial charge in [0, 0.05) is 25.5 Å². The molecule has 0 aliphatic carbocycles. The lowest BCUT2D eigenvalue weighted by atomic mass is 10.1. The number of nitrogens with zero attached hydrogens (tertiary/aromatic N) is 4. The average Bonchev–Trinajstić information content (AvgIpc) is 2.90. The molecule has 0 bridgehead atoms. The van der Waals surface area contributed by atoms with Crippen LogP contribution in [0, 0.1) is 0 Å². The first-order valence-electron chi connectivity index (χ1n) is 11.1. The lowest BCUT2D eigenvalue weighted by Gasteiger charge is -2.19. The molecule has 0 spiro atoms. The van der Waals surface area contributed by atoms with Crippen molar-refractivity contribution in [1.82, 2.24) is 14.1 Å². The Kier molecular flexibility index (Phi) is 6.96. The highest BCUT2D eigenvalue weighted by molar-refractivity contribution is 5.93. The first kappa shape index (κ1) is 23.7. The van der Waals surface area contributed by atoms with Crippen LogP contribution in [0.25, 0.3) is 11.0 Å². The Morgan fingerprint density at radius 2 is 1.69 bits per heavy atom. The molecule has 4 aromatic rings. The smallest absolute Gasteiger partial charge is 0.332 e. The number of hydrogen-bond acceptors (Lipinski definition) is 6. The second-order valence-corrected chi connectivity index (χ2v) is 7.92. The number of para-hydroxylation sites is 1. The summed E-state index contributed by atoms with van der Waals surface area (Å²) in [7, 11) is 4.75. The van der Waals surface area contributed by atoms with Gasteiger partial charge in [-0.15, -0.1) is 0 Å². The molecule has 1 amide bonds. The Labute approximate surface area is 201 Å². The van der Waals surface area contributed by atoms with Crippen LogP contribution in [0.5, 0.6) is 11.5 Å². The zero-order chi connectivity index (χ0) is 24.9. The maximum absolute atomic E-state index is 13.4. The molecule has 0 aliphatic heterocycles.